The largest absolute Gasteiger partial charge is 0.478 e. The van der Waals surface area contributed by atoms with Crippen molar-refractivity contribution in [3.63, 3.8) is 0 Å². The lowest BCUT2D eigenvalue weighted by Crippen LogP contribution is -2.37. The fourth-order valence-corrected chi connectivity index (χ4v) is 1.28. The molecular formula is C11H19NO3. The van der Waals surface area contributed by atoms with Crippen LogP contribution in [0.25, 0.3) is 0 Å². The van der Waals surface area contributed by atoms with E-state index in [4.69, 9.17) is 5.11 Å². The molecule has 0 spiro atoms. The number of carbonyl (C=O) groups excluding carboxylic acids is 1. The molecule has 0 aliphatic rings. The average Bonchev–Trinajstić information content (AvgIpc) is 2.15. The first-order chi connectivity index (χ1) is 6.82. The highest BCUT2D eigenvalue weighted by Gasteiger charge is 2.19. The average molecular weight is 213 g/mol. The van der Waals surface area contributed by atoms with E-state index in [0.717, 1.165) is 0 Å². The zero-order chi connectivity index (χ0) is 12.2. The van der Waals surface area contributed by atoms with Crippen LogP contribution in [0, 0.1) is 0 Å². The van der Waals surface area contributed by atoms with Gasteiger partial charge in [-0.2, -0.15) is 0 Å². The molecule has 15 heavy (non-hydrogen) atoms. The van der Waals surface area contributed by atoms with E-state index in [1.54, 1.807) is 11.8 Å². The zero-order valence-corrected chi connectivity index (χ0v) is 10.00. The van der Waals surface area contributed by atoms with Gasteiger partial charge in [-0.15, -0.1) is 0 Å². The SMILES string of the molecule is CCN(C(=O)C(C)=C(C)C(=O)O)C(C)C. The van der Waals surface area contributed by atoms with Crippen LogP contribution >= 0.6 is 0 Å². The van der Waals surface area contributed by atoms with Crippen molar-refractivity contribution >= 4 is 11.9 Å². The smallest absolute Gasteiger partial charge is 0.331 e. The molecule has 86 valence electrons. The molecule has 0 atom stereocenters. The molecule has 0 aliphatic heterocycles. The van der Waals surface area contributed by atoms with E-state index in [9.17, 15) is 9.59 Å². The summed E-state index contributed by atoms with van der Waals surface area (Å²) in [5.74, 6) is -1.24. The fourth-order valence-electron chi connectivity index (χ4n) is 1.28. The van der Waals surface area contributed by atoms with Crippen molar-refractivity contribution in [3.8, 4) is 0 Å². The summed E-state index contributed by atoms with van der Waals surface area (Å²) in [7, 11) is 0. The van der Waals surface area contributed by atoms with E-state index in [0.29, 0.717) is 12.1 Å². The molecule has 0 aromatic heterocycles. The molecule has 0 aliphatic carbocycles. The first kappa shape index (κ1) is 13.7. The fraction of sp³-hybridized carbons (Fsp3) is 0.636. The molecule has 0 aromatic rings. The molecule has 4 nitrogen and oxygen atoms in total. The summed E-state index contributed by atoms with van der Waals surface area (Å²) in [6.07, 6.45) is 0. The lowest BCUT2D eigenvalue weighted by molar-refractivity contribution is -0.134. The van der Waals surface area contributed by atoms with Gasteiger partial charge in [0.2, 0.25) is 5.91 Å². The van der Waals surface area contributed by atoms with Gasteiger partial charge in [-0.3, -0.25) is 4.79 Å². The molecule has 1 amide bonds. The van der Waals surface area contributed by atoms with E-state index in [1.807, 2.05) is 20.8 Å². The van der Waals surface area contributed by atoms with Gasteiger partial charge in [0.25, 0.3) is 0 Å². The number of hydrogen-bond donors (Lipinski definition) is 1. The number of aliphatic carboxylic acids is 1. The predicted octanol–water partition coefficient (Wildman–Crippen LogP) is 1.66. The van der Waals surface area contributed by atoms with E-state index < -0.39 is 5.97 Å². The van der Waals surface area contributed by atoms with Gasteiger partial charge in [0.1, 0.15) is 0 Å². The highest BCUT2D eigenvalue weighted by molar-refractivity contribution is 6.01. The van der Waals surface area contributed by atoms with Crippen LogP contribution in [-0.4, -0.2) is 34.5 Å². The van der Waals surface area contributed by atoms with Crippen molar-refractivity contribution in [2.45, 2.75) is 40.7 Å². The Morgan fingerprint density at radius 2 is 1.67 bits per heavy atom. The first-order valence-corrected chi connectivity index (χ1v) is 5.04. The third-order valence-electron chi connectivity index (χ3n) is 2.43. The molecule has 0 bridgehead atoms. The number of carboxylic acids is 1. The van der Waals surface area contributed by atoms with Gasteiger partial charge < -0.3 is 10.0 Å². The Balaban J connectivity index is 5.00. The standard InChI is InChI=1S/C11H19NO3/c1-6-12(7(2)3)10(13)8(4)9(5)11(14)15/h7H,6H2,1-5H3,(H,14,15). The molecule has 4 heteroatoms. The second-order valence-corrected chi connectivity index (χ2v) is 3.74. The third-order valence-corrected chi connectivity index (χ3v) is 2.43. The lowest BCUT2D eigenvalue weighted by atomic mass is 10.1. The van der Waals surface area contributed by atoms with E-state index in [-0.39, 0.29) is 17.5 Å². The van der Waals surface area contributed by atoms with Gasteiger partial charge in [0.15, 0.2) is 0 Å². The van der Waals surface area contributed by atoms with Crippen molar-refractivity contribution in [3.05, 3.63) is 11.1 Å². The van der Waals surface area contributed by atoms with Crippen molar-refractivity contribution in [1.82, 2.24) is 4.90 Å². The minimum absolute atomic E-state index is 0.0824. The van der Waals surface area contributed by atoms with Crippen molar-refractivity contribution in [2.75, 3.05) is 6.54 Å². The number of nitrogens with zero attached hydrogens (tertiary/aromatic N) is 1. The number of hydrogen-bond acceptors (Lipinski definition) is 2. The maximum Gasteiger partial charge on any atom is 0.331 e. The van der Waals surface area contributed by atoms with E-state index >= 15 is 0 Å². The van der Waals surface area contributed by atoms with Crippen molar-refractivity contribution in [1.29, 1.82) is 0 Å². The van der Waals surface area contributed by atoms with Gasteiger partial charge in [-0.25, -0.2) is 4.79 Å². The maximum absolute atomic E-state index is 11.9. The highest BCUT2D eigenvalue weighted by atomic mass is 16.4. The number of rotatable bonds is 4. The number of carbonyl (C=O) groups is 2. The quantitative estimate of drug-likeness (QED) is 0.722. The van der Waals surface area contributed by atoms with Gasteiger partial charge in [-0.1, -0.05) is 0 Å². The molecule has 0 rings (SSSR count). The summed E-state index contributed by atoms with van der Waals surface area (Å²) in [5, 5.41) is 8.77. The van der Waals surface area contributed by atoms with Crippen LogP contribution in [-0.2, 0) is 9.59 Å². The predicted molar refractivity (Wildman–Crippen MR) is 58.5 cm³/mol. The molecule has 0 saturated heterocycles. The van der Waals surface area contributed by atoms with Gasteiger partial charge in [0.05, 0.1) is 0 Å². The Bertz CT molecular complexity index is 292. The molecular weight excluding hydrogens is 194 g/mol. The Labute approximate surface area is 90.6 Å². The Morgan fingerprint density at radius 3 is 1.93 bits per heavy atom. The minimum Gasteiger partial charge on any atom is -0.478 e. The van der Waals surface area contributed by atoms with Gasteiger partial charge in [-0.05, 0) is 34.6 Å². The van der Waals surface area contributed by atoms with Crippen LogP contribution in [0.2, 0.25) is 0 Å². The molecule has 0 fully saturated rings. The van der Waals surface area contributed by atoms with Crippen LogP contribution < -0.4 is 0 Å². The first-order valence-electron chi connectivity index (χ1n) is 5.04. The van der Waals surface area contributed by atoms with Crippen LogP contribution in [0.3, 0.4) is 0 Å². The summed E-state index contributed by atoms with van der Waals surface area (Å²) in [6, 6.07) is 0.0824. The Kier molecular flexibility index (Phi) is 5.05. The van der Waals surface area contributed by atoms with E-state index in [2.05, 4.69) is 0 Å². The Morgan fingerprint density at radius 1 is 1.20 bits per heavy atom. The normalized spacial score (nSPS) is 12.4. The summed E-state index contributed by atoms with van der Waals surface area (Å²) in [4.78, 5) is 24.2. The summed E-state index contributed by atoms with van der Waals surface area (Å²) < 4.78 is 0. The maximum atomic E-state index is 11.9. The van der Waals surface area contributed by atoms with Crippen LogP contribution in [0.5, 0.6) is 0 Å². The monoisotopic (exact) mass is 213 g/mol. The second-order valence-electron chi connectivity index (χ2n) is 3.74. The van der Waals surface area contributed by atoms with Crippen molar-refractivity contribution in [2.24, 2.45) is 0 Å². The minimum atomic E-state index is -1.04. The molecule has 0 aromatic carbocycles. The van der Waals surface area contributed by atoms with Crippen LogP contribution in [0.4, 0.5) is 0 Å². The third kappa shape index (κ3) is 3.38. The Hall–Kier alpha value is -1.32. The van der Waals surface area contributed by atoms with Gasteiger partial charge in [0, 0.05) is 23.7 Å². The molecule has 1 N–H and O–H groups in total. The molecule has 0 heterocycles. The second kappa shape index (κ2) is 5.53. The number of amides is 1. The number of likely N-dealkylation sites (N-methyl/N-ethyl adjacent to an activating group) is 1. The zero-order valence-electron chi connectivity index (χ0n) is 10.00. The highest BCUT2D eigenvalue weighted by Crippen LogP contribution is 2.10. The van der Waals surface area contributed by atoms with E-state index in [1.165, 1.54) is 6.92 Å². The molecule has 0 radical (unpaired) electrons. The molecule has 0 saturated carbocycles. The number of carboxylic acid groups (broad SMARTS) is 1. The van der Waals surface area contributed by atoms with Crippen molar-refractivity contribution < 1.29 is 14.7 Å². The summed E-state index contributed by atoms with van der Waals surface area (Å²) >= 11 is 0. The van der Waals surface area contributed by atoms with Crippen LogP contribution in [0.1, 0.15) is 34.6 Å². The summed E-state index contributed by atoms with van der Waals surface area (Å²) in [5.41, 5.74) is 0.414. The topological polar surface area (TPSA) is 57.6 Å². The summed E-state index contributed by atoms with van der Waals surface area (Å²) in [6.45, 7) is 9.28. The van der Waals surface area contributed by atoms with Crippen LogP contribution in [0.15, 0.2) is 11.1 Å². The van der Waals surface area contributed by atoms with Gasteiger partial charge >= 0.3 is 5.97 Å². The molecule has 0 unspecified atom stereocenters. The lowest BCUT2D eigenvalue weighted by Gasteiger charge is -2.25.